The lowest BCUT2D eigenvalue weighted by Gasteiger charge is -2.37. The second-order valence-corrected chi connectivity index (χ2v) is 13.9. The summed E-state index contributed by atoms with van der Waals surface area (Å²) in [6.07, 6.45) is 12.7. The molecule has 1 saturated heterocycles. The highest BCUT2D eigenvalue weighted by molar-refractivity contribution is 5.70. The van der Waals surface area contributed by atoms with Gasteiger partial charge in [-0.3, -0.25) is 4.99 Å². The van der Waals surface area contributed by atoms with Gasteiger partial charge in [0.15, 0.2) is 0 Å². The topological polar surface area (TPSA) is 82.9 Å². The predicted molar refractivity (Wildman–Crippen MR) is 220 cm³/mol. The number of hydrogen-bond acceptors (Lipinski definition) is 6. The van der Waals surface area contributed by atoms with Crippen molar-refractivity contribution < 1.29 is 0 Å². The summed E-state index contributed by atoms with van der Waals surface area (Å²) in [6.45, 7) is 21.8. The maximum atomic E-state index is 5.84. The molecule has 0 amide bonds. The molecule has 0 atom stereocenters. The van der Waals surface area contributed by atoms with Crippen LogP contribution in [0.25, 0.3) is 11.1 Å². The molecule has 3 aromatic rings. The van der Waals surface area contributed by atoms with Crippen molar-refractivity contribution in [1.29, 1.82) is 0 Å². The normalized spacial score (nSPS) is 13.8. The fourth-order valence-electron chi connectivity index (χ4n) is 5.72. The second-order valence-electron chi connectivity index (χ2n) is 13.9. The molecule has 0 unspecified atom stereocenters. The number of benzene rings is 3. The van der Waals surface area contributed by atoms with E-state index in [-0.39, 0.29) is 0 Å². The zero-order chi connectivity index (χ0) is 37.1. The van der Waals surface area contributed by atoms with Crippen LogP contribution in [-0.2, 0) is 12.8 Å². The summed E-state index contributed by atoms with van der Waals surface area (Å²) >= 11 is 0. The Morgan fingerprint density at radius 1 is 1.06 bits per heavy atom. The molecule has 50 heavy (non-hydrogen) atoms. The van der Waals surface area contributed by atoms with Crippen LogP contribution in [0.3, 0.4) is 0 Å². The van der Waals surface area contributed by atoms with E-state index in [1.165, 1.54) is 55.5 Å². The number of terminal acetylenes is 1. The smallest absolute Gasteiger partial charge is 0.0856 e. The zero-order valence-electron chi connectivity index (χ0n) is 32.0. The summed E-state index contributed by atoms with van der Waals surface area (Å²) in [4.78, 5) is 8.97. The highest BCUT2D eigenvalue weighted by Gasteiger charge is 2.21. The monoisotopic (exact) mass is 677 g/mol. The second kappa shape index (κ2) is 22.5. The quantitative estimate of drug-likeness (QED) is 0.0960. The van der Waals surface area contributed by atoms with Gasteiger partial charge in [-0.1, -0.05) is 75.0 Å². The molecule has 0 bridgehead atoms. The van der Waals surface area contributed by atoms with Gasteiger partial charge in [0, 0.05) is 37.3 Å². The first-order valence-electron chi connectivity index (χ1n) is 18.1. The molecule has 0 aromatic heterocycles. The average Bonchev–Trinajstić information content (AvgIpc) is 3.13. The van der Waals surface area contributed by atoms with Gasteiger partial charge < -0.3 is 26.6 Å². The van der Waals surface area contributed by atoms with Crippen LogP contribution in [0.4, 0.5) is 11.4 Å². The minimum atomic E-state index is 0.366. The molecule has 0 saturated carbocycles. The van der Waals surface area contributed by atoms with E-state index in [0.717, 1.165) is 40.0 Å². The van der Waals surface area contributed by atoms with Crippen molar-refractivity contribution in [1.82, 2.24) is 9.80 Å². The molecule has 1 heterocycles. The number of nitrogens with zero attached hydrogens (tertiary/aromatic N) is 3. The molecule has 0 aliphatic carbocycles. The molecular weight excluding hydrogens is 613 g/mol. The molecule has 5 N–H and O–H groups in total. The Kier molecular flexibility index (Phi) is 18.9. The van der Waals surface area contributed by atoms with Crippen LogP contribution in [0.1, 0.15) is 63.6 Å². The van der Waals surface area contributed by atoms with Crippen molar-refractivity contribution in [2.45, 2.75) is 78.8 Å². The molecule has 1 aliphatic rings. The Morgan fingerprint density at radius 2 is 1.68 bits per heavy atom. The summed E-state index contributed by atoms with van der Waals surface area (Å²) in [5.74, 6) is 3.44. The number of anilines is 1. The molecule has 3 aromatic carbocycles. The van der Waals surface area contributed by atoms with E-state index in [2.05, 4.69) is 136 Å². The molecule has 0 radical (unpaired) electrons. The first-order valence-corrected chi connectivity index (χ1v) is 18.1. The summed E-state index contributed by atoms with van der Waals surface area (Å²) in [6, 6.07) is 25.0. The van der Waals surface area contributed by atoms with Crippen LogP contribution < -0.4 is 16.8 Å². The fourth-order valence-corrected chi connectivity index (χ4v) is 5.72. The van der Waals surface area contributed by atoms with Crippen LogP contribution in [0.5, 0.6) is 0 Å². The van der Waals surface area contributed by atoms with Gasteiger partial charge >= 0.3 is 0 Å². The Balaban J connectivity index is 0.000000270. The van der Waals surface area contributed by atoms with Crippen LogP contribution in [0.2, 0.25) is 0 Å². The number of nitrogens with one attached hydrogen (secondary N) is 1. The fraction of sp³-hybridized carbons (Fsp3) is 0.432. The lowest BCUT2D eigenvalue weighted by Crippen LogP contribution is -2.44. The Hall–Kier alpha value is -4.15. The molecule has 1 aliphatic heterocycles. The third kappa shape index (κ3) is 14.4. The summed E-state index contributed by atoms with van der Waals surface area (Å²) in [7, 11) is 4.46. The van der Waals surface area contributed by atoms with Gasteiger partial charge in [0.1, 0.15) is 0 Å². The molecule has 270 valence electrons. The van der Waals surface area contributed by atoms with Gasteiger partial charge in [0.25, 0.3) is 0 Å². The van der Waals surface area contributed by atoms with Crippen LogP contribution >= 0.6 is 0 Å². The molecule has 0 spiro atoms. The first-order chi connectivity index (χ1) is 23.9. The van der Waals surface area contributed by atoms with Gasteiger partial charge in [0.2, 0.25) is 0 Å². The SMILES string of the molecule is C#CCc1cc(NC/C(CN)=C(\N)C=C)c(N=C)cc1C.CC(C)CCc1ccc(-c2ccccc2)cc1.CC(C)N(C)C1CCN(C)CC1. The van der Waals surface area contributed by atoms with E-state index in [1.807, 2.05) is 19.1 Å². The van der Waals surface area contributed by atoms with E-state index in [0.29, 0.717) is 31.2 Å². The summed E-state index contributed by atoms with van der Waals surface area (Å²) < 4.78 is 0. The van der Waals surface area contributed by atoms with Crippen molar-refractivity contribution in [2.75, 3.05) is 45.6 Å². The maximum Gasteiger partial charge on any atom is 0.0856 e. The Morgan fingerprint density at radius 3 is 2.20 bits per heavy atom. The largest absolute Gasteiger partial charge is 0.399 e. The van der Waals surface area contributed by atoms with Crippen LogP contribution in [0, 0.1) is 25.2 Å². The number of piperidine rings is 1. The van der Waals surface area contributed by atoms with Crippen LogP contribution in [0.15, 0.2) is 95.6 Å². The van der Waals surface area contributed by atoms with E-state index in [4.69, 9.17) is 17.9 Å². The molecule has 6 nitrogen and oxygen atoms in total. The van der Waals surface area contributed by atoms with E-state index >= 15 is 0 Å². The van der Waals surface area contributed by atoms with E-state index in [9.17, 15) is 0 Å². The first kappa shape index (κ1) is 42.0. The van der Waals surface area contributed by atoms with Crippen molar-refractivity contribution in [3.63, 3.8) is 0 Å². The standard InChI is InChI=1S/C17H22N4.C17H20.C10H22N2/c1-5-7-13-9-17(16(20-4)8-12(13)3)21-11-14(10-18)15(19)6-2;1-14(2)8-9-15-10-12-17(13-11-15)16-6-4-3-5-7-16;1-9(2)12(4)10-5-7-11(3)8-6-10/h1,6,8-9,21H,2,4,7,10-11,18-19H2,3H3;3-7,10-14H,8-9H2,1-2H3;9-10H,5-8H2,1-4H3/b15-14-;;. The van der Waals surface area contributed by atoms with Crippen molar-refractivity contribution in [3.8, 4) is 23.5 Å². The molecule has 1 fully saturated rings. The van der Waals surface area contributed by atoms with Crippen molar-refractivity contribution in [2.24, 2.45) is 22.4 Å². The number of aliphatic imine (C=N–C) groups is 1. The van der Waals surface area contributed by atoms with E-state index < -0.39 is 0 Å². The molecular formula is C44H64N6. The Labute approximate surface area is 304 Å². The molecule has 6 heteroatoms. The van der Waals surface area contributed by atoms with Gasteiger partial charge in [-0.25, -0.2) is 0 Å². The third-order valence-electron chi connectivity index (χ3n) is 9.43. The van der Waals surface area contributed by atoms with Crippen molar-refractivity contribution >= 4 is 18.1 Å². The summed E-state index contributed by atoms with van der Waals surface area (Å²) in [5.41, 5.74) is 20.9. The highest BCUT2D eigenvalue weighted by atomic mass is 15.2. The number of likely N-dealkylation sites (tertiary alicyclic amines) is 1. The van der Waals surface area contributed by atoms with Gasteiger partial charge in [-0.15, -0.1) is 12.3 Å². The summed E-state index contributed by atoms with van der Waals surface area (Å²) in [5, 5.41) is 3.29. The van der Waals surface area contributed by atoms with Gasteiger partial charge in [-0.05, 0) is 138 Å². The number of rotatable bonds is 13. The number of nitrogens with two attached hydrogens (primary N) is 2. The van der Waals surface area contributed by atoms with Gasteiger partial charge in [-0.2, -0.15) is 0 Å². The zero-order valence-corrected chi connectivity index (χ0v) is 32.0. The van der Waals surface area contributed by atoms with E-state index in [1.54, 1.807) is 6.08 Å². The number of aryl methyl sites for hydroxylation is 2. The highest BCUT2D eigenvalue weighted by Crippen LogP contribution is 2.29. The van der Waals surface area contributed by atoms with Crippen molar-refractivity contribution in [3.05, 3.63) is 107 Å². The minimum Gasteiger partial charge on any atom is -0.399 e. The lowest BCUT2D eigenvalue weighted by atomic mass is 9.99. The number of allylic oxidation sites excluding steroid dienone is 1. The van der Waals surface area contributed by atoms with Gasteiger partial charge in [0.05, 0.1) is 11.4 Å². The minimum absolute atomic E-state index is 0.366. The number of hydrogen-bond donors (Lipinski definition) is 3. The Bertz CT molecular complexity index is 1510. The predicted octanol–water partition coefficient (Wildman–Crippen LogP) is 8.64. The maximum absolute atomic E-state index is 5.84. The van der Waals surface area contributed by atoms with Crippen LogP contribution in [-0.4, -0.2) is 68.9 Å². The lowest BCUT2D eigenvalue weighted by molar-refractivity contribution is 0.120. The third-order valence-corrected chi connectivity index (χ3v) is 9.43. The average molecular weight is 677 g/mol. The molecule has 4 rings (SSSR count).